The SMILES string of the molecule is Cc1cn(C2CCCC(N)CC2)cn1. The molecule has 1 aromatic heterocycles. The zero-order valence-corrected chi connectivity index (χ0v) is 8.82. The van der Waals surface area contributed by atoms with Crippen molar-refractivity contribution >= 4 is 0 Å². The van der Waals surface area contributed by atoms with E-state index in [1.165, 1.54) is 25.7 Å². The number of aromatic nitrogens is 2. The van der Waals surface area contributed by atoms with Gasteiger partial charge in [0.2, 0.25) is 0 Å². The number of rotatable bonds is 1. The molecule has 0 amide bonds. The van der Waals surface area contributed by atoms with Gasteiger partial charge in [-0.1, -0.05) is 0 Å². The Morgan fingerprint density at radius 1 is 1.36 bits per heavy atom. The Bertz CT molecular complexity index is 292. The third-order valence-corrected chi connectivity index (χ3v) is 3.14. The molecular weight excluding hydrogens is 174 g/mol. The van der Waals surface area contributed by atoms with Gasteiger partial charge in [-0.2, -0.15) is 0 Å². The molecule has 14 heavy (non-hydrogen) atoms. The van der Waals surface area contributed by atoms with Crippen LogP contribution in [0.3, 0.4) is 0 Å². The molecule has 1 saturated carbocycles. The Balaban J connectivity index is 2.04. The molecule has 0 aromatic carbocycles. The lowest BCUT2D eigenvalue weighted by Crippen LogP contribution is -2.18. The van der Waals surface area contributed by atoms with Crippen molar-refractivity contribution in [3.05, 3.63) is 18.2 Å². The zero-order chi connectivity index (χ0) is 9.97. The fraction of sp³-hybridized carbons (Fsp3) is 0.727. The Kier molecular flexibility index (Phi) is 2.87. The quantitative estimate of drug-likeness (QED) is 0.693. The van der Waals surface area contributed by atoms with Crippen LogP contribution < -0.4 is 5.73 Å². The first-order valence-corrected chi connectivity index (χ1v) is 5.51. The summed E-state index contributed by atoms with van der Waals surface area (Å²) >= 11 is 0. The van der Waals surface area contributed by atoms with Gasteiger partial charge in [-0.05, 0) is 39.0 Å². The van der Waals surface area contributed by atoms with Crippen LogP contribution in [0.15, 0.2) is 12.5 Å². The first-order valence-electron chi connectivity index (χ1n) is 5.51. The number of nitrogens with zero attached hydrogens (tertiary/aromatic N) is 2. The molecule has 2 unspecified atom stereocenters. The molecule has 0 saturated heterocycles. The summed E-state index contributed by atoms with van der Waals surface area (Å²) in [6.07, 6.45) is 10.1. The third kappa shape index (κ3) is 2.15. The highest BCUT2D eigenvalue weighted by molar-refractivity contribution is 4.95. The highest BCUT2D eigenvalue weighted by atomic mass is 15.1. The molecule has 0 radical (unpaired) electrons. The summed E-state index contributed by atoms with van der Waals surface area (Å²) in [4.78, 5) is 4.27. The Morgan fingerprint density at radius 3 is 2.93 bits per heavy atom. The van der Waals surface area contributed by atoms with Gasteiger partial charge in [0, 0.05) is 18.3 Å². The van der Waals surface area contributed by atoms with Crippen LogP contribution >= 0.6 is 0 Å². The molecule has 3 nitrogen and oxygen atoms in total. The van der Waals surface area contributed by atoms with Gasteiger partial charge in [0.1, 0.15) is 0 Å². The van der Waals surface area contributed by atoms with E-state index in [9.17, 15) is 0 Å². The maximum absolute atomic E-state index is 5.96. The van der Waals surface area contributed by atoms with E-state index in [2.05, 4.69) is 15.7 Å². The van der Waals surface area contributed by atoms with Crippen molar-refractivity contribution in [2.75, 3.05) is 0 Å². The van der Waals surface area contributed by atoms with Crippen LogP contribution in [0.1, 0.15) is 43.8 Å². The number of aryl methyl sites for hydroxylation is 1. The molecule has 2 N–H and O–H groups in total. The number of imidazole rings is 1. The van der Waals surface area contributed by atoms with Gasteiger partial charge in [0.05, 0.1) is 12.0 Å². The molecule has 0 spiro atoms. The normalized spacial score (nSPS) is 28.7. The second kappa shape index (κ2) is 4.13. The Hall–Kier alpha value is -0.830. The molecule has 78 valence electrons. The van der Waals surface area contributed by atoms with E-state index < -0.39 is 0 Å². The molecular formula is C11H19N3. The number of hydrogen-bond donors (Lipinski definition) is 1. The van der Waals surface area contributed by atoms with Crippen LogP contribution in [0, 0.1) is 6.92 Å². The third-order valence-electron chi connectivity index (χ3n) is 3.14. The summed E-state index contributed by atoms with van der Waals surface area (Å²) in [5.41, 5.74) is 7.07. The monoisotopic (exact) mass is 193 g/mol. The molecule has 3 heteroatoms. The van der Waals surface area contributed by atoms with Crippen molar-refractivity contribution in [1.29, 1.82) is 0 Å². The second-order valence-electron chi connectivity index (χ2n) is 4.38. The summed E-state index contributed by atoms with van der Waals surface area (Å²) in [6, 6.07) is 1.05. The van der Waals surface area contributed by atoms with E-state index in [4.69, 9.17) is 5.73 Å². The first-order chi connectivity index (χ1) is 6.75. The smallest absolute Gasteiger partial charge is 0.0951 e. The van der Waals surface area contributed by atoms with Gasteiger partial charge in [0.15, 0.2) is 0 Å². The fourth-order valence-electron chi connectivity index (χ4n) is 2.25. The highest BCUT2D eigenvalue weighted by Crippen LogP contribution is 2.26. The Morgan fingerprint density at radius 2 is 2.21 bits per heavy atom. The largest absolute Gasteiger partial charge is 0.334 e. The van der Waals surface area contributed by atoms with Crippen molar-refractivity contribution < 1.29 is 0 Å². The molecule has 1 aromatic rings. The van der Waals surface area contributed by atoms with Crippen LogP contribution in [-0.2, 0) is 0 Å². The van der Waals surface area contributed by atoms with Crippen molar-refractivity contribution in [1.82, 2.24) is 9.55 Å². The molecule has 0 bridgehead atoms. The lowest BCUT2D eigenvalue weighted by molar-refractivity contribution is 0.440. The summed E-state index contributed by atoms with van der Waals surface area (Å²) < 4.78 is 2.26. The average Bonchev–Trinajstić information content (AvgIpc) is 2.46. The molecule has 2 rings (SSSR count). The lowest BCUT2D eigenvalue weighted by atomic mass is 10.1. The molecule has 1 heterocycles. The van der Waals surface area contributed by atoms with E-state index in [0.29, 0.717) is 12.1 Å². The van der Waals surface area contributed by atoms with E-state index >= 15 is 0 Å². The fourth-order valence-corrected chi connectivity index (χ4v) is 2.25. The van der Waals surface area contributed by atoms with Crippen LogP contribution in [0.5, 0.6) is 0 Å². The molecule has 2 atom stereocenters. The van der Waals surface area contributed by atoms with Crippen LogP contribution in [0.4, 0.5) is 0 Å². The predicted octanol–water partition coefficient (Wildman–Crippen LogP) is 2.02. The minimum Gasteiger partial charge on any atom is -0.334 e. The first kappa shape index (κ1) is 9.71. The zero-order valence-electron chi connectivity index (χ0n) is 8.82. The van der Waals surface area contributed by atoms with Crippen LogP contribution in [0.2, 0.25) is 0 Å². The van der Waals surface area contributed by atoms with Gasteiger partial charge in [-0.25, -0.2) is 4.98 Å². The maximum Gasteiger partial charge on any atom is 0.0951 e. The summed E-state index contributed by atoms with van der Waals surface area (Å²) in [5.74, 6) is 0. The average molecular weight is 193 g/mol. The minimum absolute atomic E-state index is 0.421. The standard InChI is InChI=1S/C11H19N3/c1-9-7-14(8-13-9)11-4-2-3-10(12)5-6-11/h7-8,10-11H,2-6,12H2,1H3. The van der Waals surface area contributed by atoms with Crippen LogP contribution in [-0.4, -0.2) is 15.6 Å². The number of hydrogen-bond acceptors (Lipinski definition) is 2. The van der Waals surface area contributed by atoms with Gasteiger partial charge in [-0.3, -0.25) is 0 Å². The summed E-state index contributed by atoms with van der Waals surface area (Å²) in [6.45, 7) is 2.04. The Labute approximate surface area is 85.3 Å². The van der Waals surface area contributed by atoms with Crippen molar-refractivity contribution in [3.63, 3.8) is 0 Å². The van der Waals surface area contributed by atoms with Crippen molar-refractivity contribution in [2.45, 2.75) is 51.1 Å². The minimum atomic E-state index is 0.421. The van der Waals surface area contributed by atoms with E-state index in [-0.39, 0.29) is 0 Å². The highest BCUT2D eigenvalue weighted by Gasteiger charge is 2.17. The van der Waals surface area contributed by atoms with Gasteiger partial charge in [0.25, 0.3) is 0 Å². The predicted molar refractivity (Wildman–Crippen MR) is 57.1 cm³/mol. The van der Waals surface area contributed by atoms with E-state index in [1.807, 2.05) is 13.3 Å². The maximum atomic E-state index is 5.96. The summed E-state index contributed by atoms with van der Waals surface area (Å²) in [5, 5.41) is 0. The van der Waals surface area contributed by atoms with Gasteiger partial charge < -0.3 is 10.3 Å². The van der Waals surface area contributed by atoms with Crippen molar-refractivity contribution in [2.24, 2.45) is 5.73 Å². The van der Waals surface area contributed by atoms with Gasteiger partial charge in [-0.15, -0.1) is 0 Å². The lowest BCUT2D eigenvalue weighted by Gasteiger charge is -2.15. The van der Waals surface area contributed by atoms with E-state index in [0.717, 1.165) is 12.1 Å². The second-order valence-corrected chi connectivity index (χ2v) is 4.38. The topological polar surface area (TPSA) is 43.8 Å². The molecule has 1 aliphatic carbocycles. The van der Waals surface area contributed by atoms with Crippen molar-refractivity contribution in [3.8, 4) is 0 Å². The van der Waals surface area contributed by atoms with Crippen LogP contribution in [0.25, 0.3) is 0 Å². The molecule has 0 aliphatic heterocycles. The number of nitrogens with two attached hydrogens (primary N) is 1. The van der Waals surface area contributed by atoms with Gasteiger partial charge >= 0.3 is 0 Å². The molecule has 1 aliphatic rings. The molecule has 1 fully saturated rings. The summed E-state index contributed by atoms with van der Waals surface area (Å²) in [7, 11) is 0. The van der Waals surface area contributed by atoms with E-state index in [1.54, 1.807) is 0 Å².